The van der Waals surface area contributed by atoms with E-state index in [0.29, 0.717) is 0 Å². The zero-order valence-corrected chi connectivity index (χ0v) is 8.24. The third kappa shape index (κ3) is 4.60. The van der Waals surface area contributed by atoms with Crippen LogP contribution < -0.4 is 5.73 Å². The van der Waals surface area contributed by atoms with Crippen molar-refractivity contribution in [1.82, 2.24) is 0 Å². The molecule has 1 aliphatic rings. The molecule has 1 fully saturated rings. The van der Waals surface area contributed by atoms with Crippen LogP contribution in [0.1, 0.15) is 44.9 Å². The Balaban J connectivity index is 2.21. The summed E-state index contributed by atoms with van der Waals surface area (Å²) in [5.74, 6) is 0. The summed E-state index contributed by atoms with van der Waals surface area (Å²) in [4.78, 5) is 0. The van der Waals surface area contributed by atoms with Crippen molar-refractivity contribution in [3.8, 4) is 0 Å². The van der Waals surface area contributed by atoms with E-state index < -0.39 is 6.29 Å². The van der Waals surface area contributed by atoms with Gasteiger partial charge in [-0.15, -0.1) is 0 Å². The third-order valence-electron chi connectivity index (χ3n) is 2.60. The molecule has 1 unspecified atom stereocenters. The number of aliphatic hydroxyl groups is 1. The van der Waals surface area contributed by atoms with Gasteiger partial charge in [-0.3, -0.25) is 0 Å². The van der Waals surface area contributed by atoms with E-state index >= 15 is 0 Å². The van der Waals surface area contributed by atoms with Gasteiger partial charge in [0.05, 0.1) is 6.10 Å². The quantitative estimate of drug-likeness (QED) is 0.656. The number of ether oxygens (including phenoxy) is 1. The monoisotopic (exact) mass is 187 g/mol. The van der Waals surface area contributed by atoms with Crippen molar-refractivity contribution >= 4 is 0 Å². The van der Waals surface area contributed by atoms with Crippen molar-refractivity contribution in [3.63, 3.8) is 0 Å². The minimum absolute atomic E-state index is 0.205. The second-order valence-electron chi connectivity index (χ2n) is 3.79. The number of hydrogen-bond acceptors (Lipinski definition) is 3. The van der Waals surface area contributed by atoms with Gasteiger partial charge in [-0.25, -0.2) is 0 Å². The van der Waals surface area contributed by atoms with E-state index in [2.05, 4.69) is 0 Å². The van der Waals surface area contributed by atoms with Gasteiger partial charge in [-0.05, 0) is 12.8 Å². The molecule has 3 N–H and O–H groups in total. The average molecular weight is 187 g/mol. The summed E-state index contributed by atoms with van der Waals surface area (Å²) in [5, 5.41) is 9.23. The lowest BCUT2D eigenvalue weighted by molar-refractivity contribution is -0.134. The summed E-state index contributed by atoms with van der Waals surface area (Å²) in [6.45, 7) is 0.205. The maximum absolute atomic E-state index is 9.23. The highest BCUT2D eigenvalue weighted by molar-refractivity contribution is 4.63. The standard InChI is InChI=1S/C10H21NO2/c11-8-10(12)13-9-6-4-2-1-3-5-7-9/h9-10,12H,1-8,11H2. The summed E-state index contributed by atoms with van der Waals surface area (Å²) < 4.78 is 5.41. The third-order valence-corrected chi connectivity index (χ3v) is 2.60. The Morgan fingerprint density at radius 3 is 2.23 bits per heavy atom. The van der Waals surface area contributed by atoms with Crippen molar-refractivity contribution in [3.05, 3.63) is 0 Å². The second kappa shape index (κ2) is 6.35. The molecule has 0 heterocycles. The average Bonchev–Trinajstić information content (AvgIpc) is 2.09. The van der Waals surface area contributed by atoms with Crippen molar-refractivity contribution in [2.75, 3.05) is 6.54 Å². The Kier molecular flexibility index (Phi) is 5.35. The number of hydrogen-bond donors (Lipinski definition) is 2. The minimum Gasteiger partial charge on any atom is -0.367 e. The maximum Gasteiger partial charge on any atom is 0.167 e. The van der Waals surface area contributed by atoms with Crippen molar-refractivity contribution < 1.29 is 9.84 Å². The lowest BCUT2D eigenvalue weighted by Gasteiger charge is -2.22. The first-order valence-electron chi connectivity index (χ1n) is 5.36. The van der Waals surface area contributed by atoms with Gasteiger partial charge in [0.25, 0.3) is 0 Å². The Labute approximate surface area is 80.3 Å². The first-order chi connectivity index (χ1) is 6.33. The lowest BCUT2D eigenvalue weighted by Crippen LogP contribution is -2.29. The van der Waals surface area contributed by atoms with Crippen LogP contribution in [0.2, 0.25) is 0 Å². The summed E-state index contributed by atoms with van der Waals surface area (Å²) in [5.41, 5.74) is 5.28. The zero-order valence-electron chi connectivity index (χ0n) is 8.24. The molecular weight excluding hydrogens is 166 g/mol. The fourth-order valence-electron chi connectivity index (χ4n) is 1.83. The molecule has 1 rings (SSSR count). The highest BCUT2D eigenvalue weighted by atomic mass is 16.6. The van der Waals surface area contributed by atoms with Gasteiger partial charge in [-0.1, -0.05) is 32.1 Å². The highest BCUT2D eigenvalue weighted by Crippen LogP contribution is 2.19. The smallest absolute Gasteiger partial charge is 0.167 e. The normalized spacial score (nSPS) is 23.5. The van der Waals surface area contributed by atoms with Crippen LogP contribution >= 0.6 is 0 Å². The van der Waals surface area contributed by atoms with Crippen LogP contribution in [0.4, 0.5) is 0 Å². The van der Waals surface area contributed by atoms with E-state index in [1.165, 1.54) is 32.1 Å². The molecule has 1 saturated carbocycles. The summed E-state index contributed by atoms with van der Waals surface area (Å²) >= 11 is 0. The summed E-state index contributed by atoms with van der Waals surface area (Å²) in [6.07, 6.45) is 8.05. The Morgan fingerprint density at radius 1 is 1.15 bits per heavy atom. The van der Waals surface area contributed by atoms with E-state index in [4.69, 9.17) is 10.5 Å². The molecule has 0 amide bonds. The summed E-state index contributed by atoms with van der Waals surface area (Å²) in [6, 6.07) is 0. The molecule has 1 atom stereocenters. The molecule has 0 aromatic rings. The number of aliphatic hydroxyl groups excluding tert-OH is 1. The van der Waals surface area contributed by atoms with E-state index in [-0.39, 0.29) is 12.6 Å². The van der Waals surface area contributed by atoms with Gasteiger partial charge in [-0.2, -0.15) is 0 Å². The van der Waals surface area contributed by atoms with Crippen LogP contribution in [0.25, 0.3) is 0 Å². The Morgan fingerprint density at radius 2 is 1.69 bits per heavy atom. The second-order valence-corrected chi connectivity index (χ2v) is 3.79. The molecule has 3 heteroatoms. The van der Waals surface area contributed by atoms with E-state index in [1.807, 2.05) is 0 Å². The molecule has 0 aliphatic heterocycles. The molecule has 0 radical (unpaired) electrons. The van der Waals surface area contributed by atoms with Gasteiger partial charge in [0.2, 0.25) is 0 Å². The Bertz CT molecular complexity index is 122. The van der Waals surface area contributed by atoms with Crippen molar-refractivity contribution in [1.29, 1.82) is 0 Å². The Hall–Kier alpha value is -0.120. The fraction of sp³-hybridized carbons (Fsp3) is 1.00. The topological polar surface area (TPSA) is 55.5 Å². The minimum atomic E-state index is -0.760. The fourth-order valence-corrected chi connectivity index (χ4v) is 1.83. The zero-order chi connectivity index (χ0) is 9.52. The molecule has 0 saturated heterocycles. The van der Waals surface area contributed by atoms with Gasteiger partial charge in [0, 0.05) is 6.54 Å². The molecule has 0 bridgehead atoms. The van der Waals surface area contributed by atoms with E-state index in [9.17, 15) is 5.11 Å². The maximum atomic E-state index is 9.23. The first-order valence-corrected chi connectivity index (χ1v) is 5.36. The van der Waals surface area contributed by atoms with Crippen molar-refractivity contribution in [2.45, 2.75) is 57.3 Å². The van der Waals surface area contributed by atoms with Gasteiger partial charge in [0.1, 0.15) is 0 Å². The van der Waals surface area contributed by atoms with Crippen LogP contribution in [0, 0.1) is 0 Å². The number of rotatable bonds is 3. The van der Waals surface area contributed by atoms with E-state index in [1.54, 1.807) is 0 Å². The molecule has 0 spiro atoms. The summed E-state index contributed by atoms with van der Waals surface area (Å²) in [7, 11) is 0. The van der Waals surface area contributed by atoms with Crippen LogP contribution in [-0.2, 0) is 4.74 Å². The molecule has 0 aromatic carbocycles. The molecule has 78 valence electrons. The first kappa shape index (κ1) is 11.0. The van der Waals surface area contributed by atoms with Gasteiger partial charge in [0.15, 0.2) is 6.29 Å². The van der Waals surface area contributed by atoms with Crippen LogP contribution in [0.5, 0.6) is 0 Å². The SMILES string of the molecule is NCC(O)OC1CCCCCCC1. The number of nitrogens with two attached hydrogens (primary N) is 1. The van der Waals surface area contributed by atoms with Crippen LogP contribution in [0.3, 0.4) is 0 Å². The highest BCUT2D eigenvalue weighted by Gasteiger charge is 2.14. The molecule has 13 heavy (non-hydrogen) atoms. The largest absolute Gasteiger partial charge is 0.367 e. The van der Waals surface area contributed by atoms with Crippen LogP contribution in [0.15, 0.2) is 0 Å². The predicted molar refractivity (Wildman–Crippen MR) is 52.3 cm³/mol. The molecule has 0 aromatic heterocycles. The molecule has 3 nitrogen and oxygen atoms in total. The predicted octanol–water partition coefficient (Wildman–Crippen LogP) is 1.39. The lowest BCUT2D eigenvalue weighted by atomic mass is 9.98. The van der Waals surface area contributed by atoms with Crippen LogP contribution in [-0.4, -0.2) is 24.0 Å². The molecule has 1 aliphatic carbocycles. The van der Waals surface area contributed by atoms with Crippen molar-refractivity contribution in [2.24, 2.45) is 5.73 Å². The van der Waals surface area contributed by atoms with Gasteiger partial charge >= 0.3 is 0 Å². The molecular formula is C10H21NO2. The van der Waals surface area contributed by atoms with E-state index in [0.717, 1.165) is 12.8 Å². The van der Waals surface area contributed by atoms with Gasteiger partial charge < -0.3 is 15.6 Å².